The Balaban J connectivity index is 5.18. The molecule has 0 aromatic rings. The quantitative estimate of drug-likeness (QED) is 0.0222. The SMILES string of the molecule is CCCCCCCCCCCCCCCCCCCCCCCC(=O)O[C@H](COC(=O)CCCCCCCCCCCCC(C)CC)COP(=O)(O)OC[C@@H](O)COP(=O)(O)OC[C@@H](COC(=O)CCCCCCCCCC)OC(=O)CCCCCCCCCCCC(C)C. The average molecular weight is 1400 g/mol. The Kier molecular flexibility index (Phi) is 66.5. The van der Waals surface area contributed by atoms with Gasteiger partial charge in [-0.3, -0.25) is 37.3 Å². The first-order valence-corrected chi connectivity index (χ1v) is 42.5. The molecule has 0 aromatic heterocycles. The van der Waals surface area contributed by atoms with Gasteiger partial charge in [0.25, 0.3) is 0 Å². The number of phosphoric ester groups is 2. The highest BCUT2D eigenvalue weighted by atomic mass is 31.2. The zero-order valence-electron chi connectivity index (χ0n) is 62.0. The maximum Gasteiger partial charge on any atom is 0.472 e. The molecule has 0 spiro atoms. The van der Waals surface area contributed by atoms with E-state index in [1.165, 1.54) is 205 Å². The summed E-state index contributed by atoms with van der Waals surface area (Å²) < 4.78 is 68.4. The number of ether oxygens (including phenoxy) is 4. The predicted octanol–water partition coefficient (Wildman–Crippen LogP) is 22.3. The third-order valence-electron chi connectivity index (χ3n) is 18.1. The molecule has 0 rings (SSSR count). The number of hydrogen-bond acceptors (Lipinski definition) is 15. The van der Waals surface area contributed by atoms with Crippen molar-refractivity contribution < 1.29 is 80.2 Å². The minimum atomic E-state index is -4.96. The van der Waals surface area contributed by atoms with Crippen molar-refractivity contribution >= 4 is 39.5 Å². The number of aliphatic hydroxyl groups excluding tert-OH is 1. The van der Waals surface area contributed by atoms with E-state index in [4.69, 9.17) is 37.0 Å². The molecule has 0 aliphatic carbocycles. The van der Waals surface area contributed by atoms with Crippen LogP contribution in [0.2, 0.25) is 0 Å². The molecule has 564 valence electrons. The van der Waals surface area contributed by atoms with Crippen molar-refractivity contribution in [1.29, 1.82) is 0 Å². The summed E-state index contributed by atoms with van der Waals surface area (Å²) in [5.74, 6) is -0.574. The molecule has 0 radical (unpaired) electrons. The lowest BCUT2D eigenvalue weighted by molar-refractivity contribution is -0.161. The standard InChI is InChI=1S/C76H148O17P2/c1-7-10-12-14-16-18-19-20-21-22-23-24-25-26-27-28-29-36-42-48-54-60-75(80)92-72(65-87-74(79)59-53-47-41-35-31-30-34-39-45-51-57-69(6)9-3)67-91-95(84,85)89-63-70(77)62-88-94(82,83)90-66-71(64-86-73(78)58-52-46-40-17-15-13-11-8-2)93-76(81)61-55-49-43-37-32-33-38-44-50-56-68(4)5/h68-72,77H,7-67H2,1-6H3,(H,82,83)(H,84,85)/t69?,70-,71+,72+/m0/s1. The van der Waals surface area contributed by atoms with Gasteiger partial charge in [-0.2, -0.15) is 0 Å². The van der Waals surface area contributed by atoms with Gasteiger partial charge < -0.3 is 33.8 Å². The number of phosphoric acid groups is 2. The van der Waals surface area contributed by atoms with E-state index >= 15 is 0 Å². The van der Waals surface area contributed by atoms with E-state index in [-0.39, 0.29) is 25.7 Å². The smallest absolute Gasteiger partial charge is 0.462 e. The van der Waals surface area contributed by atoms with Crippen molar-refractivity contribution in [3.05, 3.63) is 0 Å². The second-order valence-corrected chi connectivity index (χ2v) is 31.0. The molecule has 0 saturated heterocycles. The van der Waals surface area contributed by atoms with Crippen molar-refractivity contribution in [1.82, 2.24) is 0 Å². The molecule has 3 unspecified atom stereocenters. The Hall–Kier alpha value is -1.94. The monoisotopic (exact) mass is 1400 g/mol. The van der Waals surface area contributed by atoms with Crippen LogP contribution >= 0.6 is 15.6 Å². The van der Waals surface area contributed by atoms with E-state index in [1.54, 1.807) is 0 Å². The van der Waals surface area contributed by atoms with Crippen molar-refractivity contribution in [2.75, 3.05) is 39.6 Å². The predicted molar refractivity (Wildman–Crippen MR) is 386 cm³/mol. The fourth-order valence-electron chi connectivity index (χ4n) is 11.6. The molecule has 0 heterocycles. The van der Waals surface area contributed by atoms with Gasteiger partial charge >= 0.3 is 39.5 Å². The molecule has 0 amide bonds. The molecule has 0 aliphatic rings. The van der Waals surface area contributed by atoms with Crippen LogP contribution in [-0.4, -0.2) is 96.7 Å². The van der Waals surface area contributed by atoms with Crippen LogP contribution in [0.5, 0.6) is 0 Å². The minimum absolute atomic E-state index is 0.105. The van der Waals surface area contributed by atoms with Gasteiger partial charge in [-0.15, -0.1) is 0 Å². The van der Waals surface area contributed by atoms with Gasteiger partial charge in [0.2, 0.25) is 0 Å². The van der Waals surface area contributed by atoms with Gasteiger partial charge in [-0.25, -0.2) is 9.13 Å². The summed E-state index contributed by atoms with van der Waals surface area (Å²) >= 11 is 0. The van der Waals surface area contributed by atoms with Crippen molar-refractivity contribution in [2.24, 2.45) is 11.8 Å². The lowest BCUT2D eigenvalue weighted by Gasteiger charge is -2.21. The lowest BCUT2D eigenvalue weighted by atomic mass is 9.99. The van der Waals surface area contributed by atoms with Crippen molar-refractivity contribution in [3.8, 4) is 0 Å². The van der Waals surface area contributed by atoms with Crippen LogP contribution in [0.15, 0.2) is 0 Å². The highest BCUT2D eigenvalue weighted by molar-refractivity contribution is 7.47. The Bertz CT molecular complexity index is 1840. The third kappa shape index (κ3) is 69.0. The van der Waals surface area contributed by atoms with E-state index < -0.39 is 97.5 Å². The second-order valence-electron chi connectivity index (χ2n) is 28.1. The number of carbonyl (C=O) groups excluding carboxylic acids is 4. The molecular formula is C76H148O17P2. The summed E-state index contributed by atoms with van der Waals surface area (Å²) in [5, 5.41) is 10.6. The summed E-state index contributed by atoms with van der Waals surface area (Å²) in [6.45, 7) is 9.57. The maximum atomic E-state index is 13.1. The van der Waals surface area contributed by atoms with Crippen LogP contribution in [0.3, 0.4) is 0 Å². The second kappa shape index (κ2) is 67.9. The molecule has 0 aliphatic heterocycles. The van der Waals surface area contributed by atoms with Gasteiger partial charge in [0, 0.05) is 25.7 Å². The first kappa shape index (κ1) is 93.1. The van der Waals surface area contributed by atoms with Crippen LogP contribution < -0.4 is 0 Å². The Morgan fingerprint density at radius 2 is 0.537 bits per heavy atom. The fraction of sp³-hybridized carbons (Fsp3) is 0.947. The highest BCUT2D eigenvalue weighted by Crippen LogP contribution is 2.45. The molecule has 19 heteroatoms. The number of hydrogen-bond donors (Lipinski definition) is 3. The molecule has 3 N–H and O–H groups in total. The van der Waals surface area contributed by atoms with Gasteiger partial charge in [0.1, 0.15) is 19.3 Å². The van der Waals surface area contributed by atoms with E-state index in [0.29, 0.717) is 25.7 Å². The van der Waals surface area contributed by atoms with Crippen LogP contribution in [0.1, 0.15) is 395 Å². The highest BCUT2D eigenvalue weighted by Gasteiger charge is 2.30. The topological polar surface area (TPSA) is 237 Å². The molecule has 0 fully saturated rings. The van der Waals surface area contributed by atoms with Crippen molar-refractivity contribution in [3.63, 3.8) is 0 Å². The zero-order chi connectivity index (χ0) is 70.0. The Labute approximate surface area is 581 Å². The summed E-state index contributed by atoms with van der Waals surface area (Å²) in [5.41, 5.74) is 0. The van der Waals surface area contributed by atoms with E-state index in [1.807, 2.05) is 0 Å². The first-order chi connectivity index (χ1) is 45.9. The number of esters is 4. The Morgan fingerprint density at radius 3 is 0.800 bits per heavy atom. The zero-order valence-corrected chi connectivity index (χ0v) is 63.8. The molecule has 6 atom stereocenters. The summed E-state index contributed by atoms with van der Waals surface area (Å²) in [6, 6.07) is 0. The number of rotatable bonds is 75. The van der Waals surface area contributed by atoms with Crippen LogP contribution in [0.25, 0.3) is 0 Å². The summed E-state index contributed by atoms with van der Waals surface area (Å²) in [4.78, 5) is 72.7. The summed E-state index contributed by atoms with van der Waals surface area (Å²) in [6.07, 6.45) is 55.6. The van der Waals surface area contributed by atoms with Crippen LogP contribution in [0.4, 0.5) is 0 Å². The summed E-state index contributed by atoms with van der Waals surface area (Å²) in [7, 11) is -9.91. The lowest BCUT2D eigenvalue weighted by Crippen LogP contribution is -2.30. The van der Waals surface area contributed by atoms with E-state index in [2.05, 4.69) is 41.5 Å². The van der Waals surface area contributed by atoms with E-state index in [9.17, 15) is 43.2 Å². The van der Waals surface area contributed by atoms with Crippen molar-refractivity contribution in [2.45, 2.75) is 413 Å². The normalized spacial score (nSPS) is 14.3. The average Bonchev–Trinajstić information content (AvgIpc) is 1.58. The van der Waals surface area contributed by atoms with Gasteiger partial charge in [0.15, 0.2) is 12.2 Å². The van der Waals surface area contributed by atoms with E-state index in [0.717, 1.165) is 108 Å². The van der Waals surface area contributed by atoms with Gasteiger partial charge in [-0.05, 0) is 37.5 Å². The fourth-order valence-corrected chi connectivity index (χ4v) is 13.2. The molecule has 0 aromatic carbocycles. The number of aliphatic hydroxyl groups is 1. The molecule has 0 bridgehead atoms. The molecular weight excluding hydrogens is 1250 g/mol. The molecule has 95 heavy (non-hydrogen) atoms. The maximum absolute atomic E-state index is 13.1. The van der Waals surface area contributed by atoms with Crippen LogP contribution in [-0.2, 0) is 65.4 Å². The third-order valence-corrected chi connectivity index (χ3v) is 20.0. The van der Waals surface area contributed by atoms with Gasteiger partial charge in [-0.1, -0.05) is 343 Å². The molecule has 0 saturated carbocycles. The van der Waals surface area contributed by atoms with Crippen LogP contribution in [0, 0.1) is 11.8 Å². The number of unbranched alkanes of at least 4 members (excludes halogenated alkanes) is 44. The minimum Gasteiger partial charge on any atom is -0.462 e. The Morgan fingerprint density at radius 1 is 0.305 bits per heavy atom. The van der Waals surface area contributed by atoms with Gasteiger partial charge in [0.05, 0.1) is 26.4 Å². The molecule has 17 nitrogen and oxygen atoms in total. The number of carbonyl (C=O) groups is 4. The first-order valence-electron chi connectivity index (χ1n) is 39.5. The largest absolute Gasteiger partial charge is 0.472 e.